The quantitative estimate of drug-likeness (QED) is 0.907. The fraction of sp³-hybridized carbons (Fsp3) is 0.600. The zero-order chi connectivity index (χ0) is 14.8. The number of nitrogens with zero attached hydrogens (tertiary/aromatic N) is 2. The smallest absolute Gasteiger partial charge is 0.264 e. The van der Waals surface area contributed by atoms with Gasteiger partial charge < -0.3 is 15.1 Å². The van der Waals surface area contributed by atoms with Gasteiger partial charge in [-0.2, -0.15) is 0 Å². The molecule has 5 nitrogen and oxygen atoms in total. The van der Waals surface area contributed by atoms with Gasteiger partial charge in [0.15, 0.2) is 0 Å². The van der Waals surface area contributed by atoms with Gasteiger partial charge >= 0.3 is 0 Å². The molecule has 3 rings (SSSR count). The number of thiophene rings is 1. The van der Waals surface area contributed by atoms with Crippen LogP contribution in [-0.2, 0) is 4.79 Å². The maximum absolute atomic E-state index is 12.7. The minimum atomic E-state index is -0.287. The topological polar surface area (TPSA) is 52.7 Å². The van der Waals surface area contributed by atoms with Crippen molar-refractivity contribution in [3.8, 4) is 0 Å². The third-order valence-electron chi connectivity index (χ3n) is 4.46. The van der Waals surface area contributed by atoms with Crippen molar-refractivity contribution in [2.24, 2.45) is 0 Å². The van der Waals surface area contributed by atoms with Crippen molar-refractivity contribution >= 4 is 35.6 Å². The summed E-state index contributed by atoms with van der Waals surface area (Å²) in [5, 5.41) is 5.18. The van der Waals surface area contributed by atoms with Crippen molar-refractivity contribution in [2.45, 2.75) is 31.3 Å². The van der Waals surface area contributed by atoms with Gasteiger partial charge in [0.1, 0.15) is 6.04 Å². The lowest BCUT2D eigenvalue weighted by Gasteiger charge is -2.31. The highest BCUT2D eigenvalue weighted by molar-refractivity contribution is 7.12. The molecule has 1 aromatic rings. The zero-order valence-corrected chi connectivity index (χ0v) is 14.3. The summed E-state index contributed by atoms with van der Waals surface area (Å²) in [6.07, 6.45) is 2.68. The van der Waals surface area contributed by atoms with Gasteiger partial charge in [-0.1, -0.05) is 6.07 Å². The molecule has 122 valence electrons. The Morgan fingerprint density at radius 1 is 1.41 bits per heavy atom. The number of likely N-dealkylation sites (tertiary alicyclic amines) is 1. The number of hydrogen-bond acceptors (Lipinski definition) is 4. The van der Waals surface area contributed by atoms with Crippen molar-refractivity contribution in [1.29, 1.82) is 0 Å². The summed E-state index contributed by atoms with van der Waals surface area (Å²) in [6, 6.07) is 3.68. The molecule has 2 amide bonds. The molecule has 2 fully saturated rings. The molecule has 2 aliphatic rings. The van der Waals surface area contributed by atoms with Crippen LogP contribution in [0.25, 0.3) is 0 Å². The Labute approximate surface area is 141 Å². The fourth-order valence-corrected chi connectivity index (χ4v) is 3.87. The fourth-order valence-electron chi connectivity index (χ4n) is 3.19. The van der Waals surface area contributed by atoms with Crippen molar-refractivity contribution in [3.05, 3.63) is 22.4 Å². The zero-order valence-electron chi connectivity index (χ0n) is 12.7. The van der Waals surface area contributed by atoms with Gasteiger partial charge in [-0.05, 0) is 37.3 Å². The van der Waals surface area contributed by atoms with Crippen LogP contribution < -0.4 is 5.32 Å². The lowest BCUT2D eigenvalue weighted by molar-refractivity contribution is -0.135. The summed E-state index contributed by atoms with van der Waals surface area (Å²) >= 11 is 1.44. The molecule has 7 heteroatoms. The highest BCUT2D eigenvalue weighted by Crippen LogP contribution is 2.24. The Morgan fingerprint density at radius 2 is 2.23 bits per heavy atom. The summed E-state index contributed by atoms with van der Waals surface area (Å²) in [4.78, 5) is 29.6. The Kier molecular flexibility index (Phi) is 5.83. The van der Waals surface area contributed by atoms with Gasteiger partial charge in [-0.25, -0.2) is 0 Å². The number of carbonyl (C=O) groups excluding carboxylic acids is 2. The Morgan fingerprint density at radius 3 is 2.86 bits per heavy atom. The average molecular weight is 344 g/mol. The number of amides is 2. The highest BCUT2D eigenvalue weighted by Gasteiger charge is 2.38. The van der Waals surface area contributed by atoms with Crippen LogP contribution in [0, 0.1) is 0 Å². The van der Waals surface area contributed by atoms with Crippen LogP contribution in [-0.4, -0.2) is 60.4 Å². The molecular weight excluding hydrogens is 322 g/mol. The third-order valence-corrected chi connectivity index (χ3v) is 5.32. The summed E-state index contributed by atoms with van der Waals surface area (Å²) in [5.41, 5.74) is 0. The normalized spacial score (nSPS) is 24.1. The summed E-state index contributed by atoms with van der Waals surface area (Å²) in [5.74, 6) is 0.0879. The summed E-state index contributed by atoms with van der Waals surface area (Å²) in [7, 11) is 1.87. The second kappa shape index (κ2) is 7.44. The van der Waals surface area contributed by atoms with Crippen LogP contribution in [0.2, 0.25) is 0 Å². The average Bonchev–Trinajstić information content (AvgIpc) is 3.26. The molecule has 0 radical (unpaired) electrons. The van der Waals surface area contributed by atoms with E-state index in [0.29, 0.717) is 6.54 Å². The lowest BCUT2D eigenvalue weighted by atomic mass is 10.1. The number of likely N-dealkylation sites (N-methyl/N-ethyl adjacent to an activating group) is 1. The second-order valence-corrected chi connectivity index (χ2v) is 6.68. The lowest BCUT2D eigenvalue weighted by Crippen LogP contribution is -2.50. The molecule has 2 saturated heterocycles. The van der Waals surface area contributed by atoms with E-state index in [1.165, 1.54) is 11.3 Å². The highest BCUT2D eigenvalue weighted by atomic mass is 35.5. The van der Waals surface area contributed by atoms with Crippen molar-refractivity contribution in [1.82, 2.24) is 15.1 Å². The van der Waals surface area contributed by atoms with E-state index < -0.39 is 0 Å². The summed E-state index contributed by atoms with van der Waals surface area (Å²) in [6.45, 7) is 2.50. The maximum atomic E-state index is 12.7. The van der Waals surface area contributed by atoms with Gasteiger partial charge in [0.05, 0.1) is 4.88 Å². The van der Waals surface area contributed by atoms with E-state index in [1.54, 1.807) is 4.90 Å². The number of hydrogen-bond donors (Lipinski definition) is 1. The van der Waals surface area contributed by atoms with Crippen LogP contribution >= 0.6 is 23.7 Å². The minimum absolute atomic E-state index is 0. The standard InChI is InChI=1S/C15H21N3O2S.ClH/c1-17(11-6-7-16-10-11)14(19)12-4-2-8-18(12)15(20)13-5-3-9-21-13;/h3,5,9,11-12,16H,2,4,6-8,10H2,1H3;1H. The van der Waals surface area contributed by atoms with E-state index in [1.807, 2.05) is 29.5 Å². The van der Waals surface area contributed by atoms with Crippen LogP contribution in [0.4, 0.5) is 0 Å². The predicted molar refractivity (Wildman–Crippen MR) is 89.7 cm³/mol. The molecule has 0 saturated carbocycles. The first-order chi connectivity index (χ1) is 10.2. The molecule has 3 heterocycles. The molecule has 2 atom stereocenters. The molecule has 0 spiro atoms. The Balaban J connectivity index is 0.00000176. The molecule has 0 aromatic carbocycles. The van der Waals surface area contributed by atoms with E-state index in [2.05, 4.69) is 5.32 Å². The number of rotatable bonds is 3. The van der Waals surface area contributed by atoms with E-state index in [-0.39, 0.29) is 36.3 Å². The monoisotopic (exact) mass is 343 g/mol. The maximum Gasteiger partial charge on any atom is 0.264 e. The third kappa shape index (κ3) is 3.29. The molecule has 0 aliphatic carbocycles. The van der Waals surface area contributed by atoms with Gasteiger partial charge in [-0.3, -0.25) is 9.59 Å². The Hall–Kier alpha value is -1.11. The summed E-state index contributed by atoms with van der Waals surface area (Å²) < 4.78 is 0. The van der Waals surface area contributed by atoms with Crippen LogP contribution in [0.15, 0.2) is 17.5 Å². The van der Waals surface area contributed by atoms with Gasteiger partial charge in [0, 0.05) is 26.2 Å². The first-order valence-corrected chi connectivity index (χ1v) is 8.38. The molecule has 2 aliphatic heterocycles. The van der Waals surface area contributed by atoms with E-state index >= 15 is 0 Å². The predicted octanol–water partition coefficient (Wildman–Crippen LogP) is 1.59. The largest absolute Gasteiger partial charge is 0.340 e. The van der Waals surface area contributed by atoms with Crippen molar-refractivity contribution in [2.75, 3.05) is 26.7 Å². The van der Waals surface area contributed by atoms with Crippen LogP contribution in [0.5, 0.6) is 0 Å². The van der Waals surface area contributed by atoms with Crippen molar-refractivity contribution < 1.29 is 9.59 Å². The van der Waals surface area contributed by atoms with E-state index in [0.717, 1.165) is 37.2 Å². The minimum Gasteiger partial charge on any atom is -0.340 e. The molecule has 1 N–H and O–H groups in total. The first kappa shape index (κ1) is 17.2. The van der Waals surface area contributed by atoms with E-state index in [4.69, 9.17) is 0 Å². The Bertz CT molecular complexity index is 517. The molecule has 1 aromatic heterocycles. The van der Waals surface area contributed by atoms with Gasteiger partial charge in [0.2, 0.25) is 5.91 Å². The number of carbonyl (C=O) groups is 2. The van der Waals surface area contributed by atoms with Crippen LogP contribution in [0.3, 0.4) is 0 Å². The molecule has 22 heavy (non-hydrogen) atoms. The van der Waals surface area contributed by atoms with Gasteiger partial charge in [-0.15, -0.1) is 23.7 Å². The first-order valence-electron chi connectivity index (χ1n) is 7.50. The molecule has 0 bridgehead atoms. The van der Waals surface area contributed by atoms with E-state index in [9.17, 15) is 9.59 Å². The van der Waals surface area contributed by atoms with Crippen LogP contribution in [0.1, 0.15) is 28.9 Å². The number of halogens is 1. The van der Waals surface area contributed by atoms with Crippen molar-refractivity contribution in [3.63, 3.8) is 0 Å². The number of nitrogens with one attached hydrogen (secondary N) is 1. The SMILES string of the molecule is CN(C(=O)C1CCCN1C(=O)c1cccs1)C1CCNC1.Cl. The molecule has 2 unspecified atom stereocenters. The second-order valence-electron chi connectivity index (χ2n) is 5.73. The molecular formula is C15H22ClN3O2S. The van der Waals surface area contributed by atoms with Gasteiger partial charge in [0.25, 0.3) is 5.91 Å².